The first-order chi connectivity index (χ1) is 14.7. The summed E-state index contributed by atoms with van der Waals surface area (Å²) in [5.74, 6) is 3.23. The summed E-state index contributed by atoms with van der Waals surface area (Å²) in [4.78, 5) is 0. The van der Waals surface area contributed by atoms with Crippen molar-refractivity contribution in [3.05, 3.63) is 20.1 Å². The Hall–Kier alpha value is -1.44. The summed E-state index contributed by atoms with van der Waals surface area (Å²) in [5, 5.41) is 6.66. The van der Waals surface area contributed by atoms with E-state index < -0.39 is 0 Å². The van der Waals surface area contributed by atoms with Gasteiger partial charge in [-0.05, 0) is 24.7 Å². The molecular formula is C26H36O2S2. The van der Waals surface area contributed by atoms with Gasteiger partial charge in [-0.1, -0.05) is 98.1 Å². The zero-order valence-electron chi connectivity index (χ0n) is 19.0. The van der Waals surface area contributed by atoms with E-state index in [0.717, 1.165) is 57.7 Å². The highest BCUT2D eigenvalue weighted by molar-refractivity contribution is 7.90. The van der Waals surface area contributed by atoms with Crippen molar-refractivity contribution < 1.29 is 9.47 Å². The third-order valence-electron chi connectivity index (χ3n) is 6.13. The van der Waals surface area contributed by atoms with Crippen molar-refractivity contribution in [2.24, 2.45) is 11.8 Å². The summed E-state index contributed by atoms with van der Waals surface area (Å²) in [6, 6.07) is 0. The number of fused-ring (bicyclic) bond motifs is 2. The molecule has 0 aliphatic carbocycles. The van der Waals surface area contributed by atoms with Gasteiger partial charge in [0.05, 0.1) is 22.2 Å². The molecule has 2 atom stereocenters. The summed E-state index contributed by atoms with van der Waals surface area (Å²) < 4.78 is 15.3. The molecule has 0 saturated carbocycles. The van der Waals surface area contributed by atoms with Gasteiger partial charge in [-0.2, -0.15) is 0 Å². The molecule has 0 fully saturated rings. The summed E-state index contributed by atoms with van der Waals surface area (Å²) in [6.07, 6.45) is 14.0. The molecule has 4 heteroatoms. The van der Waals surface area contributed by atoms with Gasteiger partial charge >= 0.3 is 0 Å². The smallest absolute Gasteiger partial charge is 0.147 e. The van der Waals surface area contributed by atoms with Crippen LogP contribution in [0.4, 0.5) is 0 Å². The predicted molar refractivity (Wildman–Crippen MR) is 136 cm³/mol. The molecule has 2 heterocycles. The van der Waals surface area contributed by atoms with E-state index in [0.29, 0.717) is 11.8 Å². The fourth-order valence-electron chi connectivity index (χ4n) is 3.94. The Balaban J connectivity index is 1.85. The highest BCUT2D eigenvalue weighted by Gasteiger charge is 2.21. The first kappa shape index (κ1) is 23.2. The molecule has 0 unspecified atom stereocenters. The van der Waals surface area contributed by atoms with Crippen molar-refractivity contribution in [2.45, 2.75) is 79.1 Å². The normalized spacial score (nSPS) is 14.8. The van der Waals surface area contributed by atoms with Crippen molar-refractivity contribution in [3.8, 4) is 11.5 Å². The van der Waals surface area contributed by atoms with Crippen molar-refractivity contribution >= 4 is 44.1 Å². The molecule has 3 rings (SSSR count). The zero-order chi connectivity index (χ0) is 21.3. The van der Waals surface area contributed by atoms with Crippen molar-refractivity contribution in [2.75, 3.05) is 13.2 Å². The maximum absolute atomic E-state index is 6.48. The molecule has 1 aromatic carbocycles. The van der Waals surface area contributed by atoms with Gasteiger partial charge in [0.15, 0.2) is 0 Å². The van der Waals surface area contributed by atoms with E-state index in [9.17, 15) is 0 Å². The number of ether oxygens (including phenoxy) is 2. The summed E-state index contributed by atoms with van der Waals surface area (Å²) in [6.45, 7) is 10.6. The topological polar surface area (TPSA) is 18.5 Å². The number of rotatable bonds is 14. The van der Waals surface area contributed by atoms with E-state index in [-0.39, 0.29) is 0 Å². The second kappa shape index (κ2) is 11.8. The van der Waals surface area contributed by atoms with Gasteiger partial charge in [0, 0.05) is 23.3 Å². The lowest BCUT2D eigenvalue weighted by molar-refractivity contribution is 0.226. The number of hydrogen-bond donors (Lipinski definition) is 0. The van der Waals surface area contributed by atoms with Crippen LogP contribution in [-0.4, -0.2) is 23.3 Å². The molecule has 0 radical (unpaired) electrons. The van der Waals surface area contributed by atoms with E-state index in [1.807, 2.05) is 0 Å². The van der Waals surface area contributed by atoms with E-state index in [1.54, 1.807) is 21.9 Å². The van der Waals surface area contributed by atoms with Crippen LogP contribution in [0, 0.1) is 20.9 Å². The van der Waals surface area contributed by atoms with Crippen molar-refractivity contribution in [3.63, 3.8) is 0 Å². The maximum atomic E-state index is 6.48. The lowest BCUT2D eigenvalue weighted by Crippen LogP contribution is -2.14. The highest BCUT2D eigenvalue weighted by Crippen LogP contribution is 2.39. The van der Waals surface area contributed by atoms with Gasteiger partial charge in [-0.25, -0.2) is 0 Å². The summed E-state index contributed by atoms with van der Waals surface area (Å²) >= 11 is 0. The zero-order valence-corrected chi connectivity index (χ0v) is 20.6. The Kier molecular flexibility index (Phi) is 9.15. The monoisotopic (exact) mass is 444 g/mol. The molecule has 0 N–H and O–H groups in total. The van der Waals surface area contributed by atoms with E-state index >= 15 is 0 Å². The fourth-order valence-corrected chi connectivity index (χ4v) is 5.58. The van der Waals surface area contributed by atoms with Gasteiger partial charge in [-0.15, -0.1) is 0 Å². The average Bonchev–Trinajstić information content (AvgIpc) is 3.44. The second-order valence-corrected chi connectivity index (χ2v) is 10.0. The molecule has 0 spiro atoms. The van der Waals surface area contributed by atoms with Gasteiger partial charge in [-0.3, -0.25) is 0 Å². The molecule has 30 heavy (non-hydrogen) atoms. The maximum Gasteiger partial charge on any atom is 0.147 e. The van der Waals surface area contributed by atoms with Crippen LogP contribution >= 0.6 is 21.9 Å². The number of unbranched alkanes of at least 4 members (excludes halogenated alkanes) is 2. The molecule has 2 aliphatic heterocycles. The van der Waals surface area contributed by atoms with Crippen molar-refractivity contribution in [1.82, 2.24) is 0 Å². The summed E-state index contributed by atoms with van der Waals surface area (Å²) in [5.41, 5.74) is 2.29. The van der Waals surface area contributed by atoms with E-state index in [2.05, 4.69) is 49.9 Å². The van der Waals surface area contributed by atoms with Crippen LogP contribution in [0.2, 0.25) is 0 Å². The first-order valence-electron chi connectivity index (χ1n) is 11.7. The number of benzene rings is 1. The Labute approximate surface area is 189 Å². The van der Waals surface area contributed by atoms with E-state index in [4.69, 9.17) is 9.47 Å². The average molecular weight is 445 g/mol. The predicted octanol–water partition coefficient (Wildman–Crippen LogP) is 7.70. The molecule has 2 aliphatic rings. The van der Waals surface area contributed by atoms with Gasteiger partial charge in [0.25, 0.3) is 0 Å². The second-order valence-electron chi connectivity index (χ2n) is 8.33. The molecule has 2 nitrogen and oxygen atoms in total. The molecule has 0 saturated heterocycles. The van der Waals surface area contributed by atoms with Crippen LogP contribution < -0.4 is 9.47 Å². The van der Waals surface area contributed by atoms with Crippen LogP contribution in [0.3, 0.4) is 0 Å². The van der Waals surface area contributed by atoms with Crippen molar-refractivity contribution in [1.29, 1.82) is 0 Å². The minimum atomic E-state index is 0.612. The van der Waals surface area contributed by atoms with Crippen LogP contribution in [0.15, 0.2) is 0 Å². The SMILES string of the molecule is CCCC[C@@H](CC)COc1c2c(c(OC[C@@H](CC)CCCC)c3c1=S=C=C3)=S=C=C2. The first-order valence-corrected chi connectivity index (χ1v) is 13.4. The Morgan fingerprint density at radius 1 is 0.733 bits per heavy atom. The minimum Gasteiger partial charge on any atom is -0.491 e. The number of hydrogen-bond acceptors (Lipinski definition) is 2. The lowest BCUT2D eigenvalue weighted by Gasteiger charge is -2.20. The van der Waals surface area contributed by atoms with Crippen LogP contribution in [0.25, 0.3) is 12.2 Å². The van der Waals surface area contributed by atoms with Gasteiger partial charge < -0.3 is 9.47 Å². The third kappa shape index (κ3) is 5.42. The van der Waals surface area contributed by atoms with E-state index in [1.165, 1.54) is 38.5 Å². The molecular weight excluding hydrogens is 408 g/mol. The lowest BCUT2D eigenvalue weighted by atomic mass is 10.00. The standard InChI is InChI=1S/C26H36O2S2/c1-5-9-11-19(7-3)17-27-23-21-13-15-30-26(21)24(22-14-16-29-25(22)23)28-18-20(8-4)12-10-6-2/h13-14,19-20H,5-12,17-18H2,1-4H3/t19-,20+. The third-order valence-corrected chi connectivity index (χ3v) is 7.82. The van der Waals surface area contributed by atoms with Crippen LogP contribution in [0.1, 0.15) is 90.2 Å². The minimum absolute atomic E-state index is 0.612. The molecule has 164 valence electrons. The van der Waals surface area contributed by atoms with Gasteiger partial charge in [0.2, 0.25) is 0 Å². The Morgan fingerprint density at radius 2 is 1.17 bits per heavy atom. The Bertz CT molecular complexity index is 933. The fraction of sp³-hybridized carbons (Fsp3) is 0.615. The molecule has 1 aromatic rings. The molecule has 0 bridgehead atoms. The Morgan fingerprint density at radius 3 is 1.53 bits per heavy atom. The summed E-state index contributed by atoms with van der Waals surface area (Å²) in [7, 11) is 3.28. The van der Waals surface area contributed by atoms with Crippen LogP contribution in [0.5, 0.6) is 11.5 Å². The highest BCUT2D eigenvalue weighted by atomic mass is 32.1. The molecule has 0 aromatic heterocycles. The quantitative estimate of drug-likeness (QED) is 0.237. The molecule has 0 amide bonds. The van der Waals surface area contributed by atoms with Crippen LogP contribution in [-0.2, 0) is 0 Å². The largest absolute Gasteiger partial charge is 0.491 e. The van der Waals surface area contributed by atoms with Gasteiger partial charge in [0.1, 0.15) is 11.5 Å².